The van der Waals surface area contributed by atoms with Gasteiger partial charge in [0.15, 0.2) is 0 Å². The predicted octanol–water partition coefficient (Wildman–Crippen LogP) is 3.60. The van der Waals surface area contributed by atoms with E-state index in [0.717, 1.165) is 16.9 Å². The Bertz CT molecular complexity index is 837. The number of hydrogen-bond donors (Lipinski definition) is 1. The number of anilines is 1. The fourth-order valence-electron chi connectivity index (χ4n) is 3.31. The second kappa shape index (κ2) is 5.72. The van der Waals surface area contributed by atoms with Gasteiger partial charge in [0.1, 0.15) is 17.6 Å². The first-order valence-electron chi connectivity index (χ1n) is 7.95. The maximum atomic E-state index is 12.3. The molecular weight excluding hydrogens is 302 g/mol. The van der Waals surface area contributed by atoms with E-state index in [9.17, 15) is 10.1 Å². The van der Waals surface area contributed by atoms with Crippen LogP contribution in [0.1, 0.15) is 49.8 Å². The molecule has 1 N–H and O–H groups in total. The number of nitrogens with one attached hydrogen (secondary N) is 1. The molecule has 1 aromatic heterocycles. The van der Waals surface area contributed by atoms with Crippen LogP contribution < -0.4 is 10.1 Å². The van der Waals surface area contributed by atoms with Gasteiger partial charge in [0.05, 0.1) is 12.7 Å². The van der Waals surface area contributed by atoms with Gasteiger partial charge < -0.3 is 14.6 Å². The monoisotopic (exact) mass is 323 g/mol. The summed E-state index contributed by atoms with van der Waals surface area (Å²) in [4.78, 5) is 12.3. The third-order valence-electron chi connectivity index (χ3n) is 4.40. The van der Waals surface area contributed by atoms with Gasteiger partial charge in [-0.1, -0.05) is 18.2 Å². The van der Waals surface area contributed by atoms with Crippen molar-refractivity contribution in [3.8, 4) is 11.8 Å². The number of fused-ring (bicyclic) bond motifs is 1. The zero-order chi connectivity index (χ0) is 17.5. The minimum atomic E-state index is -0.241. The van der Waals surface area contributed by atoms with Crippen molar-refractivity contribution in [1.82, 2.24) is 4.57 Å². The molecule has 24 heavy (non-hydrogen) atoms. The van der Waals surface area contributed by atoms with Gasteiger partial charge in [-0.15, -0.1) is 0 Å². The molecule has 0 radical (unpaired) electrons. The molecule has 0 bridgehead atoms. The molecule has 5 nitrogen and oxygen atoms in total. The first kappa shape index (κ1) is 16.1. The number of rotatable bonds is 2. The first-order valence-corrected chi connectivity index (χ1v) is 7.95. The van der Waals surface area contributed by atoms with Crippen molar-refractivity contribution in [3.63, 3.8) is 0 Å². The van der Waals surface area contributed by atoms with Gasteiger partial charge in [-0.2, -0.15) is 5.26 Å². The van der Waals surface area contributed by atoms with E-state index in [2.05, 4.69) is 11.4 Å². The fourth-order valence-corrected chi connectivity index (χ4v) is 3.31. The summed E-state index contributed by atoms with van der Waals surface area (Å²) < 4.78 is 7.45. The summed E-state index contributed by atoms with van der Waals surface area (Å²) in [6, 6.07) is 9.96. The lowest BCUT2D eigenvalue weighted by molar-refractivity contribution is -0.116. The van der Waals surface area contributed by atoms with Gasteiger partial charge in [-0.25, -0.2) is 0 Å². The Kier molecular flexibility index (Phi) is 3.84. The van der Waals surface area contributed by atoms with Crippen molar-refractivity contribution >= 4 is 11.7 Å². The number of methoxy groups -OCH3 is 1. The Morgan fingerprint density at radius 1 is 1.33 bits per heavy atom. The van der Waals surface area contributed by atoms with Crippen LogP contribution in [0, 0.1) is 11.3 Å². The number of carbonyl (C=O) groups is 1. The van der Waals surface area contributed by atoms with E-state index >= 15 is 0 Å². The van der Waals surface area contributed by atoms with Gasteiger partial charge in [0, 0.05) is 35.2 Å². The highest BCUT2D eigenvalue weighted by molar-refractivity contribution is 5.95. The van der Waals surface area contributed by atoms with Gasteiger partial charge >= 0.3 is 0 Å². The second-order valence-corrected chi connectivity index (χ2v) is 7.00. The highest BCUT2D eigenvalue weighted by atomic mass is 16.5. The lowest BCUT2D eigenvalue weighted by Gasteiger charge is -2.30. The van der Waals surface area contributed by atoms with E-state index < -0.39 is 0 Å². The van der Waals surface area contributed by atoms with E-state index in [1.54, 1.807) is 7.11 Å². The van der Waals surface area contributed by atoms with Crippen LogP contribution in [0.5, 0.6) is 5.75 Å². The number of para-hydroxylation sites is 1. The molecule has 124 valence electrons. The Balaban J connectivity index is 2.26. The summed E-state index contributed by atoms with van der Waals surface area (Å²) in [6.45, 7) is 6.15. The molecule has 0 unspecified atom stereocenters. The number of aromatic nitrogens is 1. The minimum Gasteiger partial charge on any atom is -0.496 e. The number of nitriles is 1. The molecule has 1 aromatic carbocycles. The quantitative estimate of drug-likeness (QED) is 0.918. The van der Waals surface area contributed by atoms with E-state index in [-0.39, 0.29) is 17.4 Å². The molecule has 0 saturated heterocycles. The van der Waals surface area contributed by atoms with Crippen LogP contribution in [0.15, 0.2) is 30.5 Å². The van der Waals surface area contributed by atoms with Crippen molar-refractivity contribution in [1.29, 1.82) is 5.26 Å². The number of amides is 1. The Hall–Kier alpha value is -2.74. The van der Waals surface area contributed by atoms with Gasteiger partial charge in [-0.3, -0.25) is 4.79 Å². The number of benzene rings is 1. The van der Waals surface area contributed by atoms with E-state index in [1.807, 2.05) is 55.8 Å². The van der Waals surface area contributed by atoms with Crippen molar-refractivity contribution in [3.05, 3.63) is 47.2 Å². The van der Waals surface area contributed by atoms with Crippen LogP contribution >= 0.6 is 0 Å². The Labute approximate surface area is 141 Å². The summed E-state index contributed by atoms with van der Waals surface area (Å²) in [5.41, 5.74) is 2.15. The Morgan fingerprint density at radius 2 is 2.04 bits per heavy atom. The smallest absolute Gasteiger partial charge is 0.226 e. The molecule has 1 aliphatic rings. The van der Waals surface area contributed by atoms with E-state index in [4.69, 9.17) is 4.74 Å². The van der Waals surface area contributed by atoms with E-state index in [0.29, 0.717) is 17.8 Å². The van der Waals surface area contributed by atoms with Crippen molar-refractivity contribution < 1.29 is 9.53 Å². The molecule has 1 aliphatic heterocycles. The summed E-state index contributed by atoms with van der Waals surface area (Å²) in [5, 5.41) is 12.6. The zero-order valence-corrected chi connectivity index (χ0v) is 14.4. The Morgan fingerprint density at radius 3 is 2.67 bits per heavy atom. The minimum absolute atomic E-state index is 0.0495. The van der Waals surface area contributed by atoms with Crippen LogP contribution in [0.25, 0.3) is 0 Å². The molecule has 3 rings (SSSR count). The fraction of sp³-hybridized carbons (Fsp3) is 0.368. The SMILES string of the molecule is COc1ccccc1[C@H]1CC(=O)Nc2c1c(C#N)cn2C(C)(C)C. The van der Waals surface area contributed by atoms with Crippen molar-refractivity contribution in [2.24, 2.45) is 0 Å². The molecule has 5 heteroatoms. The predicted molar refractivity (Wildman–Crippen MR) is 92.2 cm³/mol. The van der Waals surface area contributed by atoms with Crippen molar-refractivity contribution in [2.45, 2.75) is 38.6 Å². The number of nitrogens with zero attached hydrogens (tertiary/aromatic N) is 2. The van der Waals surface area contributed by atoms with Gasteiger partial charge in [-0.05, 0) is 26.8 Å². The number of hydrogen-bond acceptors (Lipinski definition) is 3. The molecule has 0 aliphatic carbocycles. The molecule has 0 saturated carbocycles. The molecule has 2 heterocycles. The average Bonchev–Trinajstić information content (AvgIpc) is 2.92. The van der Waals surface area contributed by atoms with Crippen LogP contribution in [-0.2, 0) is 10.3 Å². The summed E-state index contributed by atoms with van der Waals surface area (Å²) in [7, 11) is 1.62. The summed E-state index contributed by atoms with van der Waals surface area (Å²) >= 11 is 0. The molecule has 1 amide bonds. The number of carbonyl (C=O) groups excluding carboxylic acids is 1. The molecule has 2 aromatic rings. The third-order valence-corrected chi connectivity index (χ3v) is 4.40. The summed E-state index contributed by atoms with van der Waals surface area (Å²) in [6.07, 6.45) is 2.13. The molecular formula is C19H21N3O2. The molecule has 0 spiro atoms. The lowest BCUT2D eigenvalue weighted by Crippen LogP contribution is -2.29. The molecule has 0 fully saturated rings. The second-order valence-electron chi connectivity index (χ2n) is 7.00. The standard InChI is InChI=1S/C19H21N3O2/c1-19(2,3)22-11-12(10-20)17-14(9-16(23)21-18(17)22)13-7-5-6-8-15(13)24-4/h5-8,11,14H,9H2,1-4H3,(H,21,23)/t14-/m1/s1. The topological polar surface area (TPSA) is 67.0 Å². The van der Waals surface area contributed by atoms with Gasteiger partial charge in [0.2, 0.25) is 5.91 Å². The van der Waals surface area contributed by atoms with Crippen LogP contribution in [-0.4, -0.2) is 17.6 Å². The number of ether oxygens (including phenoxy) is 1. The van der Waals surface area contributed by atoms with Crippen molar-refractivity contribution in [2.75, 3.05) is 12.4 Å². The van der Waals surface area contributed by atoms with Gasteiger partial charge in [0.25, 0.3) is 0 Å². The molecule has 1 atom stereocenters. The first-order chi connectivity index (χ1) is 11.4. The van der Waals surface area contributed by atoms with Crippen LogP contribution in [0.4, 0.5) is 5.82 Å². The highest BCUT2D eigenvalue weighted by Gasteiger charge is 2.35. The largest absolute Gasteiger partial charge is 0.496 e. The highest BCUT2D eigenvalue weighted by Crippen LogP contribution is 2.44. The third kappa shape index (κ3) is 2.54. The average molecular weight is 323 g/mol. The summed E-state index contributed by atoms with van der Waals surface area (Å²) in [5.74, 6) is 1.21. The zero-order valence-electron chi connectivity index (χ0n) is 14.4. The van der Waals surface area contributed by atoms with Crippen LogP contribution in [0.3, 0.4) is 0 Å². The maximum absolute atomic E-state index is 12.3. The van der Waals surface area contributed by atoms with Crippen LogP contribution in [0.2, 0.25) is 0 Å². The van der Waals surface area contributed by atoms with E-state index in [1.165, 1.54) is 0 Å². The normalized spacial score (nSPS) is 17.0. The lowest BCUT2D eigenvalue weighted by atomic mass is 9.84. The maximum Gasteiger partial charge on any atom is 0.226 e.